The first-order valence-corrected chi connectivity index (χ1v) is 9.85. The Morgan fingerprint density at radius 1 is 1.12 bits per heavy atom. The minimum Gasteiger partial charge on any atom is -0.507 e. The molecule has 0 fully saturated rings. The number of benzene rings is 2. The first kappa shape index (κ1) is 19.9. The highest BCUT2D eigenvalue weighted by Gasteiger charge is 2.13. The standard InChI is InChI=1S/C20H23NO4S/c1-4-11-21-26(24,25)18-8-6-17(7-9-18)19(22)10-5-16-12-14(2)20(23)15(3)13-16/h5-10,12-13,21,23H,4,11H2,1-3H3/b10-5+. The highest BCUT2D eigenvalue weighted by molar-refractivity contribution is 7.89. The molecule has 2 N–H and O–H groups in total. The number of rotatable bonds is 7. The first-order valence-electron chi connectivity index (χ1n) is 8.37. The van der Waals surface area contributed by atoms with E-state index in [0.29, 0.717) is 18.5 Å². The Labute approximate surface area is 154 Å². The molecule has 0 radical (unpaired) electrons. The summed E-state index contributed by atoms with van der Waals surface area (Å²) in [6, 6.07) is 9.44. The topological polar surface area (TPSA) is 83.5 Å². The summed E-state index contributed by atoms with van der Waals surface area (Å²) >= 11 is 0. The molecular weight excluding hydrogens is 350 g/mol. The lowest BCUT2D eigenvalue weighted by Crippen LogP contribution is -2.24. The Bertz CT molecular complexity index is 906. The fourth-order valence-electron chi connectivity index (χ4n) is 2.47. The van der Waals surface area contributed by atoms with Gasteiger partial charge in [-0.25, -0.2) is 13.1 Å². The molecule has 0 saturated heterocycles. The van der Waals surface area contributed by atoms with Gasteiger partial charge in [0.15, 0.2) is 5.78 Å². The second-order valence-corrected chi connectivity index (χ2v) is 7.89. The normalized spacial score (nSPS) is 11.8. The Kier molecular flexibility index (Phi) is 6.34. The lowest BCUT2D eigenvalue weighted by molar-refractivity contribution is 0.104. The van der Waals surface area contributed by atoms with Gasteiger partial charge in [-0.1, -0.05) is 13.0 Å². The van der Waals surface area contributed by atoms with E-state index in [0.717, 1.165) is 16.7 Å². The van der Waals surface area contributed by atoms with Crippen LogP contribution in [0, 0.1) is 13.8 Å². The highest BCUT2D eigenvalue weighted by Crippen LogP contribution is 2.23. The van der Waals surface area contributed by atoms with Gasteiger partial charge in [-0.2, -0.15) is 0 Å². The second kappa shape index (κ2) is 8.29. The summed E-state index contributed by atoms with van der Waals surface area (Å²) < 4.78 is 26.6. The monoisotopic (exact) mass is 373 g/mol. The van der Waals surface area contributed by atoms with E-state index in [2.05, 4.69) is 4.72 Å². The molecule has 2 aromatic carbocycles. The molecule has 0 amide bonds. The van der Waals surface area contributed by atoms with Crippen molar-refractivity contribution in [3.8, 4) is 5.75 Å². The smallest absolute Gasteiger partial charge is 0.240 e. The summed E-state index contributed by atoms with van der Waals surface area (Å²) in [5, 5.41) is 9.79. The van der Waals surface area contributed by atoms with Crippen molar-refractivity contribution in [1.29, 1.82) is 0 Å². The fraction of sp³-hybridized carbons (Fsp3) is 0.250. The van der Waals surface area contributed by atoms with Crippen molar-refractivity contribution in [3.05, 3.63) is 64.7 Å². The molecule has 138 valence electrons. The third kappa shape index (κ3) is 4.80. The third-order valence-corrected chi connectivity index (χ3v) is 5.41. The van der Waals surface area contributed by atoms with E-state index in [-0.39, 0.29) is 16.4 Å². The van der Waals surface area contributed by atoms with Crippen LogP contribution in [-0.2, 0) is 10.0 Å². The molecule has 0 saturated carbocycles. The molecule has 0 aliphatic rings. The third-order valence-electron chi connectivity index (χ3n) is 3.93. The van der Waals surface area contributed by atoms with Gasteiger partial charge in [0.1, 0.15) is 5.75 Å². The van der Waals surface area contributed by atoms with Crippen molar-refractivity contribution in [2.75, 3.05) is 6.54 Å². The van der Waals surface area contributed by atoms with Crippen LogP contribution in [0.4, 0.5) is 0 Å². The average molecular weight is 373 g/mol. The zero-order valence-corrected chi connectivity index (χ0v) is 15.9. The molecule has 26 heavy (non-hydrogen) atoms. The average Bonchev–Trinajstić information content (AvgIpc) is 2.62. The van der Waals surface area contributed by atoms with Crippen molar-refractivity contribution in [3.63, 3.8) is 0 Å². The largest absolute Gasteiger partial charge is 0.507 e. The van der Waals surface area contributed by atoms with Gasteiger partial charge in [0.25, 0.3) is 0 Å². The Balaban J connectivity index is 2.15. The summed E-state index contributed by atoms with van der Waals surface area (Å²) in [5.41, 5.74) is 2.70. The molecule has 0 atom stereocenters. The molecule has 0 bridgehead atoms. The van der Waals surface area contributed by atoms with E-state index in [1.165, 1.54) is 30.3 Å². The van der Waals surface area contributed by atoms with Gasteiger partial charge in [0.2, 0.25) is 10.0 Å². The Morgan fingerprint density at radius 2 is 1.69 bits per heavy atom. The van der Waals surface area contributed by atoms with Crippen molar-refractivity contribution < 1.29 is 18.3 Å². The molecule has 0 aliphatic heterocycles. The number of hydrogen-bond acceptors (Lipinski definition) is 4. The van der Waals surface area contributed by atoms with Crippen molar-refractivity contribution in [2.45, 2.75) is 32.1 Å². The zero-order valence-electron chi connectivity index (χ0n) is 15.1. The van der Waals surface area contributed by atoms with Gasteiger partial charge in [-0.05, 0) is 79.4 Å². The number of nitrogens with one attached hydrogen (secondary N) is 1. The second-order valence-electron chi connectivity index (χ2n) is 6.12. The molecule has 2 aromatic rings. The molecule has 0 spiro atoms. The van der Waals surface area contributed by atoms with Gasteiger partial charge >= 0.3 is 0 Å². The van der Waals surface area contributed by atoms with Crippen LogP contribution in [0.15, 0.2) is 47.4 Å². The van der Waals surface area contributed by atoms with Crippen LogP contribution >= 0.6 is 0 Å². The van der Waals surface area contributed by atoms with Gasteiger partial charge in [0.05, 0.1) is 4.90 Å². The predicted octanol–water partition coefficient (Wildman–Crippen LogP) is 3.59. The number of phenolic OH excluding ortho intramolecular Hbond substituents is 1. The number of aromatic hydroxyl groups is 1. The van der Waals surface area contributed by atoms with E-state index in [1.54, 1.807) is 32.1 Å². The minimum atomic E-state index is -3.54. The first-order chi connectivity index (χ1) is 12.2. The minimum absolute atomic E-state index is 0.135. The van der Waals surface area contributed by atoms with E-state index < -0.39 is 10.0 Å². The van der Waals surface area contributed by atoms with Gasteiger partial charge in [-0.15, -0.1) is 0 Å². The SMILES string of the molecule is CCCNS(=O)(=O)c1ccc(C(=O)/C=C/c2cc(C)c(O)c(C)c2)cc1. The molecule has 0 unspecified atom stereocenters. The molecule has 0 heterocycles. The highest BCUT2D eigenvalue weighted by atomic mass is 32.2. The van der Waals surface area contributed by atoms with Crippen molar-refractivity contribution in [2.24, 2.45) is 0 Å². The summed E-state index contributed by atoms with van der Waals surface area (Å²) in [6.45, 7) is 5.85. The summed E-state index contributed by atoms with van der Waals surface area (Å²) in [6.07, 6.45) is 3.82. The predicted molar refractivity (Wildman–Crippen MR) is 103 cm³/mol. The number of phenols is 1. The van der Waals surface area contributed by atoms with Crippen molar-refractivity contribution >= 4 is 21.9 Å². The number of allylic oxidation sites excluding steroid dienone is 1. The molecular formula is C20H23NO4S. The number of carbonyl (C=O) groups is 1. The van der Waals surface area contributed by atoms with Crippen LogP contribution in [0.25, 0.3) is 6.08 Å². The van der Waals surface area contributed by atoms with E-state index in [4.69, 9.17) is 0 Å². The van der Waals surface area contributed by atoms with Gasteiger partial charge in [-0.3, -0.25) is 4.79 Å². The summed E-state index contributed by atoms with van der Waals surface area (Å²) in [7, 11) is -3.54. The number of aryl methyl sites for hydroxylation is 2. The quantitative estimate of drug-likeness (QED) is 0.574. The molecule has 2 rings (SSSR count). The number of ketones is 1. The number of carbonyl (C=O) groups excluding carboxylic acids is 1. The van der Waals surface area contributed by atoms with Crippen LogP contribution in [0.3, 0.4) is 0 Å². The molecule has 0 aliphatic carbocycles. The molecule has 6 heteroatoms. The summed E-state index contributed by atoms with van der Waals surface area (Å²) in [5.74, 6) is 0.0285. The summed E-state index contributed by atoms with van der Waals surface area (Å²) in [4.78, 5) is 12.4. The van der Waals surface area contributed by atoms with Crippen LogP contribution in [0.5, 0.6) is 5.75 Å². The lowest BCUT2D eigenvalue weighted by Gasteiger charge is -2.06. The van der Waals surface area contributed by atoms with E-state index in [1.807, 2.05) is 6.92 Å². The number of hydrogen-bond donors (Lipinski definition) is 2. The number of sulfonamides is 1. The van der Waals surface area contributed by atoms with Gasteiger partial charge < -0.3 is 5.11 Å². The zero-order chi connectivity index (χ0) is 19.3. The van der Waals surface area contributed by atoms with Crippen LogP contribution in [0.2, 0.25) is 0 Å². The van der Waals surface area contributed by atoms with Gasteiger partial charge in [0, 0.05) is 12.1 Å². The maximum atomic E-state index is 12.3. The Morgan fingerprint density at radius 3 is 2.23 bits per heavy atom. The van der Waals surface area contributed by atoms with Crippen LogP contribution in [-0.4, -0.2) is 25.9 Å². The van der Waals surface area contributed by atoms with E-state index >= 15 is 0 Å². The van der Waals surface area contributed by atoms with Crippen LogP contribution in [0.1, 0.15) is 40.4 Å². The lowest BCUT2D eigenvalue weighted by atomic mass is 10.0. The molecule has 0 aromatic heterocycles. The van der Waals surface area contributed by atoms with Crippen molar-refractivity contribution in [1.82, 2.24) is 4.72 Å². The maximum Gasteiger partial charge on any atom is 0.240 e. The Hall–Kier alpha value is -2.44. The molecule has 5 nitrogen and oxygen atoms in total. The maximum absolute atomic E-state index is 12.3. The van der Waals surface area contributed by atoms with E-state index in [9.17, 15) is 18.3 Å². The fourth-order valence-corrected chi connectivity index (χ4v) is 3.61. The van der Waals surface area contributed by atoms with Crippen LogP contribution < -0.4 is 4.72 Å².